The highest BCUT2D eigenvalue weighted by Crippen LogP contribution is 2.50. The number of alkyl halides is 1. The third-order valence-corrected chi connectivity index (χ3v) is 14.0. The van der Waals surface area contributed by atoms with Gasteiger partial charge in [-0.2, -0.15) is 0 Å². The number of hydrogen-bond donors (Lipinski definition) is 4. The van der Waals surface area contributed by atoms with Gasteiger partial charge in [0.05, 0.1) is 28.2 Å². The van der Waals surface area contributed by atoms with Crippen molar-refractivity contribution in [1.29, 1.82) is 0 Å². The minimum atomic E-state index is -1.61. The Hall–Kier alpha value is -5.64. The number of aryl methyl sites for hydroxylation is 1. The Labute approximate surface area is 401 Å². The van der Waals surface area contributed by atoms with Gasteiger partial charge in [0.1, 0.15) is 29.4 Å². The molecular formula is C53H63F3N6O5S. The van der Waals surface area contributed by atoms with Crippen molar-refractivity contribution >= 4 is 46.6 Å². The highest BCUT2D eigenvalue weighted by Gasteiger charge is 2.45. The molecule has 15 heteroatoms. The highest BCUT2D eigenvalue weighted by molar-refractivity contribution is 7.13. The second kappa shape index (κ2) is 20.9. The van der Waals surface area contributed by atoms with E-state index in [1.54, 1.807) is 16.8 Å². The number of halogens is 3. The Balaban J connectivity index is 0.895. The number of nitrogens with zero attached hydrogens (tertiary/aromatic N) is 3. The molecule has 11 nitrogen and oxygen atoms in total. The molecule has 4 aromatic rings. The van der Waals surface area contributed by atoms with E-state index in [4.69, 9.17) is 0 Å². The van der Waals surface area contributed by atoms with Crippen LogP contribution in [0.4, 0.5) is 13.2 Å². The fraction of sp³-hybridized carbons (Fsp3) is 0.453. The van der Waals surface area contributed by atoms with Crippen LogP contribution in [0.25, 0.3) is 22.1 Å². The number of amides is 4. The quantitative estimate of drug-likeness (QED) is 0.0653. The summed E-state index contributed by atoms with van der Waals surface area (Å²) in [4.78, 5) is 62.1. The minimum absolute atomic E-state index is 0.00608. The Bertz CT molecular complexity index is 2560. The van der Waals surface area contributed by atoms with E-state index in [1.165, 1.54) is 43.0 Å². The number of rotatable bonds is 16. The van der Waals surface area contributed by atoms with Crippen LogP contribution in [0, 0.1) is 24.0 Å². The molecule has 3 aromatic carbocycles. The molecule has 0 bridgehead atoms. The first-order chi connectivity index (χ1) is 32.2. The van der Waals surface area contributed by atoms with Gasteiger partial charge in [-0.1, -0.05) is 69.3 Å². The van der Waals surface area contributed by atoms with E-state index in [0.717, 1.165) is 44.0 Å². The average molecular weight is 953 g/mol. The predicted molar refractivity (Wildman–Crippen MR) is 260 cm³/mol. The van der Waals surface area contributed by atoms with E-state index >= 15 is 13.2 Å². The fourth-order valence-corrected chi connectivity index (χ4v) is 10.5. The Morgan fingerprint density at radius 1 is 0.985 bits per heavy atom. The van der Waals surface area contributed by atoms with Crippen LogP contribution in [0.3, 0.4) is 0 Å². The summed E-state index contributed by atoms with van der Waals surface area (Å²) in [6.45, 7) is 12.7. The van der Waals surface area contributed by atoms with Gasteiger partial charge in [-0.25, -0.2) is 18.2 Å². The number of β-amino-alcohol motifs (C(OH)–C–C–N with tert-alkyl or cyclic N) is 1. The SMILES string of the molecule is Cc1ncsc1-c1ccc(CNC(=O)[C@@H]2C[C@@H](O)CN2C(=O)[C@@H](NC(=O)CCCCNC(=O)/C=C/c2cc(F)c([C@@H]3C4=C(C[C@@H](C)N3CC(C)(C)F)c3ccccc3C4)c(F)c2)C(C)(C)C)cc1. The number of unbranched alkanes of at least 4 members (excludes halogenated alkanes) is 1. The molecule has 4 amide bonds. The summed E-state index contributed by atoms with van der Waals surface area (Å²) >= 11 is 1.56. The van der Waals surface area contributed by atoms with E-state index in [0.29, 0.717) is 25.7 Å². The first-order valence-electron chi connectivity index (χ1n) is 23.4. The van der Waals surface area contributed by atoms with Crippen molar-refractivity contribution < 1.29 is 37.5 Å². The maximum atomic E-state index is 16.2. The molecule has 2 aliphatic heterocycles. The largest absolute Gasteiger partial charge is 0.391 e. The third kappa shape index (κ3) is 11.8. The molecule has 5 atom stereocenters. The summed E-state index contributed by atoms with van der Waals surface area (Å²) in [6, 6.07) is 15.3. The molecule has 3 aliphatic rings. The summed E-state index contributed by atoms with van der Waals surface area (Å²) in [5.74, 6) is -3.27. The maximum absolute atomic E-state index is 16.2. The van der Waals surface area contributed by atoms with Gasteiger partial charge >= 0.3 is 0 Å². The number of aliphatic hydroxyl groups is 1. The average Bonchev–Trinajstić information content (AvgIpc) is 4.00. The first kappa shape index (κ1) is 50.2. The minimum Gasteiger partial charge on any atom is -0.391 e. The lowest BCUT2D eigenvalue weighted by Gasteiger charge is -2.44. The Morgan fingerprint density at radius 2 is 1.69 bits per heavy atom. The third-order valence-electron chi connectivity index (χ3n) is 13.0. The molecule has 0 unspecified atom stereocenters. The zero-order valence-electron chi connectivity index (χ0n) is 39.9. The van der Waals surface area contributed by atoms with Crippen LogP contribution in [0.15, 0.2) is 77.8 Å². The van der Waals surface area contributed by atoms with Gasteiger partial charge in [0.15, 0.2) is 0 Å². The van der Waals surface area contributed by atoms with Crippen molar-refractivity contribution in [3.63, 3.8) is 0 Å². The number of likely N-dealkylation sites (tertiary alicyclic amines) is 1. The zero-order valence-corrected chi connectivity index (χ0v) is 40.7. The smallest absolute Gasteiger partial charge is 0.246 e. The van der Waals surface area contributed by atoms with Crippen molar-refractivity contribution in [2.75, 3.05) is 19.6 Å². The van der Waals surface area contributed by atoms with E-state index in [-0.39, 0.29) is 62.1 Å². The molecule has 1 saturated heterocycles. The maximum Gasteiger partial charge on any atom is 0.246 e. The molecule has 1 aliphatic carbocycles. The Morgan fingerprint density at radius 3 is 2.35 bits per heavy atom. The van der Waals surface area contributed by atoms with Crippen molar-refractivity contribution in [3.05, 3.63) is 123 Å². The predicted octanol–water partition coefficient (Wildman–Crippen LogP) is 8.40. The van der Waals surface area contributed by atoms with Crippen molar-refractivity contribution in [1.82, 2.24) is 30.7 Å². The van der Waals surface area contributed by atoms with Gasteiger partial charge in [0, 0.05) is 56.7 Å². The molecule has 3 heterocycles. The van der Waals surface area contributed by atoms with E-state index < -0.39 is 64.7 Å². The summed E-state index contributed by atoms with van der Waals surface area (Å²) < 4.78 is 47.5. The molecule has 68 heavy (non-hydrogen) atoms. The van der Waals surface area contributed by atoms with E-state index in [1.807, 2.05) is 88.0 Å². The normalized spacial score (nSPS) is 20.1. The lowest BCUT2D eigenvalue weighted by Crippen LogP contribution is -2.57. The lowest BCUT2D eigenvalue weighted by atomic mass is 9.83. The molecule has 7 rings (SSSR count). The number of thiazole rings is 1. The number of aromatic nitrogens is 1. The van der Waals surface area contributed by atoms with Gasteiger partial charge in [0.2, 0.25) is 23.6 Å². The number of nitrogens with one attached hydrogen (secondary N) is 3. The number of carbonyl (C=O) groups is 4. The topological polar surface area (TPSA) is 144 Å². The zero-order chi connectivity index (χ0) is 49.1. The van der Waals surface area contributed by atoms with Crippen LogP contribution < -0.4 is 16.0 Å². The molecule has 4 N–H and O–H groups in total. The van der Waals surface area contributed by atoms with Gasteiger partial charge in [-0.15, -0.1) is 11.3 Å². The summed E-state index contributed by atoms with van der Waals surface area (Å²) in [5, 5.41) is 19.1. The number of fused-ring (bicyclic) bond motifs is 2. The standard InChI is InChI=1S/C53H63F3N6O5S/c1-31-22-39-38-13-9-8-12-36(38)25-40(39)47(62(31)29-53(6,7)56)46-41(54)23-34(24-42(46)55)17-20-44(64)57-21-11-10-14-45(65)60-49(52(3,4)5)51(67)61-28-37(63)26-43(61)50(66)58-27-33-15-18-35(19-16-33)48-32(2)59-30-68-48/h8-9,12-13,15-20,23-24,30-31,37,43,47,49,63H,10-11,14,21-22,25-29H2,1-7H3,(H,57,64)(H,58,66)(H,60,65)/b20-17+/t31-,37-,43+,47+,49-/m1/s1. The molecule has 1 aromatic heterocycles. The molecule has 0 spiro atoms. The van der Waals surface area contributed by atoms with Crippen LogP contribution in [0.1, 0.15) is 113 Å². The van der Waals surface area contributed by atoms with E-state index in [9.17, 15) is 24.3 Å². The number of carbonyl (C=O) groups excluding carboxylic acids is 4. The van der Waals surface area contributed by atoms with E-state index in [2.05, 4.69) is 20.9 Å². The molecular weight excluding hydrogens is 890 g/mol. The fourth-order valence-electron chi connectivity index (χ4n) is 9.67. The summed E-state index contributed by atoms with van der Waals surface area (Å²) in [7, 11) is 0. The van der Waals surface area contributed by atoms with Crippen LogP contribution in [0.5, 0.6) is 0 Å². The number of benzene rings is 3. The monoisotopic (exact) mass is 952 g/mol. The second-order valence-corrected chi connectivity index (χ2v) is 21.0. The van der Waals surface area contributed by atoms with Crippen LogP contribution in [-0.2, 0) is 32.1 Å². The molecule has 1 fully saturated rings. The summed E-state index contributed by atoms with van der Waals surface area (Å²) in [5.41, 5.74) is 6.44. The van der Waals surface area contributed by atoms with Crippen LogP contribution in [0.2, 0.25) is 0 Å². The van der Waals surface area contributed by atoms with Crippen molar-refractivity contribution in [2.45, 2.75) is 129 Å². The van der Waals surface area contributed by atoms with Gasteiger partial charge in [-0.05, 0) is 116 Å². The number of aliphatic hydroxyl groups excluding tert-OH is 1. The lowest BCUT2D eigenvalue weighted by molar-refractivity contribution is -0.144. The van der Waals surface area contributed by atoms with Crippen molar-refractivity contribution in [3.8, 4) is 10.4 Å². The number of hydrogen-bond acceptors (Lipinski definition) is 8. The van der Waals surface area contributed by atoms with Gasteiger partial charge in [0.25, 0.3) is 0 Å². The highest BCUT2D eigenvalue weighted by atomic mass is 32.1. The van der Waals surface area contributed by atoms with Crippen molar-refractivity contribution in [2.24, 2.45) is 5.41 Å². The molecule has 0 saturated carbocycles. The van der Waals surface area contributed by atoms with Gasteiger partial charge < -0.3 is 26.0 Å². The van der Waals surface area contributed by atoms with Crippen LogP contribution in [-0.4, -0.2) is 93.1 Å². The molecule has 362 valence electrons. The summed E-state index contributed by atoms with van der Waals surface area (Å²) in [6.07, 6.45) is 3.75. The first-order valence-corrected chi connectivity index (χ1v) is 24.3. The van der Waals surface area contributed by atoms with Gasteiger partial charge in [-0.3, -0.25) is 24.1 Å². The molecule has 0 radical (unpaired) electrons. The van der Waals surface area contributed by atoms with Crippen LogP contribution >= 0.6 is 11.3 Å². The Kier molecular flexibility index (Phi) is 15.5. The second-order valence-electron chi connectivity index (χ2n) is 20.1.